The topological polar surface area (TPSA) is 107 Å². The van der Waals surface area contributed by atoms with Gasteiger partial charge in [0, 0.05) is 29.5 Å². The van der Waals surface area contributed by atoms with Gasteiger partial charge in [-0.15, -0.1) is 0 Å². The van der Waals surface area contributed by atoms with E-state index >= 15 is 0 Å². The van der Waals surface area contributed by atoms with Crippen LogP contribution in [0.1, 0.15) is 111 Å². The smallest absolute Gasteiger partial charge is 0.316 e. The van der Waals surface area contributed by atoms with E-state index in [4.69, 9.17) is 9.47 Å². The minimum atomic E-state index is -1.27. The standard InChI is InChI=1S/C31H42O7/c1-15(2)12-17-21-19(37-26-22(17)25(34)30(8,9)27(35)31(26,10)11)14-20(38-28(36)29(5,6)7)23(24(21)33)18(32)13-16(3)4/h14-17,33H,12-13H2,1-11H3. The number of phenols is 1. The summed E-state index contributed by atoms with van der Waals surface area (Å²) in [5.74, 6) is -2.05. The lowest BCUT2D eigenvalue weighted by Gasteiger charge is -2.45. The fourth-order valence-corrected chi connectivity index (χ4v) is 5.36. The third-order valence-electron chi connectivity index (χ3n) is 7.33. The molecule has 208 valence electrons. The average Bonchev–Trinajstić information content (AvgIpc) is 2.75. The number of Topliss-reactive ketones (excluding diaryl/α,β-unsaturated/α-hetero) is 3. The lowest BCUT2D eigenvalue weighted by atomic mass is 9.59. The van der Waals surface area contributed by atoms with Crippen LogP contribution in [0.15, 0.2) is 17.4 Å². The highest BCUT2D eigenvalue weighted by Gasteiger charge is 2.57. The molecule has 38 heavy (non-hydrogen) atoms. The van der Waals surface area contributed by atoms with Gasteiger partial charge in [0.15, 0.2) is 17.3 Å². The molecular formula is C31H42O7. The second kappa shape index (κ2) is 9.65. The van der Waals surface area contributed by atoms with Gasteiger partial charge in [-0.25, -0.2) is 0 Å². The summed E-state index contributed by atoms with van der Waals surface area (Å²) < 4.78 is 12.0. The number of hydrogen-bond acceptors (Lipinski definition) is 7. The quantitative estimate of drug-likeness (QED) is 0.194. The number of ether oxygens (including phenoxy) is 2. The van der Waals surface area contributed by atoms with Crippen LogP contribution in [0.3, 0.4) is 0 Å². The highest BCUT2D eigenvalue weighted by molar-refractivity contribution is 6.20. The van der Waals surface area contributed by atoms with Crippen molar-refractivity contribution in [2.24, 2.45) is 28.1 Å². The number of rotatable bonds is 6. The number of hydrogen-bond donors (Lipinski definition) is 1. The van der Waals surface area contributed by atoms with E-state index in [0.717, 1.165) is 0 Å². The van der Waals surface area contributed by atoms with Crippen molar-refractivity contribution in [3.8, 4) is 17.2 Å². The molecule has 0 spiro atoms. The second-order valence-electron chi connectivity index (χ2n) is 13.6. The normalized spacial score (nSPS) is 20.3. The van der Waals surface area contributed by atoms with Crippen LogP contribution in [0.2, 0.25) is 0 Å². The van der Waals surface area contributed by atoms with Crippen LogP contribution < -0.4 is 9.47 Å². The Bertz CT molecular complexity index is 1240. The minimum absolute atomic E-state index is 0.00588. The van der Waals surface area contributed by atoms with E-state index in [1.165, 1.54) is 6.07 Å². The molecule has 0 bridgehead atoms. The van der Waals surface area contributed by atoms with Crippen molar-refractivity contribution >= 4 is 23.3 Å². The second-order valence-corrected chi connectivity index (χ2v) is 13.6. The van der Waals surface area contributed by atoms with Crippen LogP contribution >= 0.6 is 0 Å². The first-order chi connectivity index (χ1) is 17.2. The molecule has 3 rings (SSSR count). The van der Waals surface area contributed by atoms with Crippen molar-refractivity contribution < 1.29 is 33.8 Å². The van der Waals surface area contributed by atoms with E-state index in [9.17, 15) is 24.3 Å². The van der Waals surface area contributed by atoms with Crippen molar-refractivity contribution in [2.45, 2.75) is 94.9 Å². The lowest BCUT2D eigenvalue weighted by Crippen LogP contribution is -2.51. The molecule has 0 aromatic heterocycles. The Labute approximate surface area is 226 Å². The molecule has 0 saturated heterocycles. The molecule has 1 heterocycles. The number of phenolic OH excluding ortho intramolecular Hbond substituents is 1. The van der Waals surface area contributed by atoms with Crippen LogP contribution in [-0.4, -0.2) is 28.4 Å². The predicted octanol–water partition coefficient (Wildman–Crippen LogP) is 6.55. The summed E-state index contributed by atoms with van der Waals surface area (Å²) in [7, 11) is 0. The zero-order valence-electron chi connectivity index (χ0n) is 24.6. The van der Waals surface area contributed by atoms with Crippen LogP contribution in [0.25, 0.3) is 0 Å². The number of benzene rings is 1. The minimum Gasteiger partial charge on any atom is -0.507 e. The maximum atomic E-state index is 13.8. The third-order valence-corrected chi connectivity index (χ3v) is 7.33. The Morgan fingerprint density at radius 1 is 1.03 bits per heavy atom. The summed E-state index contributed by atoms with van der Waals surface area (Å²) in [5.41, 5.74) is -2.66. The average molecular weight is 527 g/mol. The van der Waals surface area contributed by atoms with Gasteiger partial charge in [0.05, 0.1) is 16.2 Å². The Morgan fingerprint density at radius 3 is 2.11 bits per heavy atom. The molecule has 1 unspecified atom stereocenters. The molecule has 1 aliphatic heterocycles. The number of ketones is 3. The Hall–Kier alpha value is -2.96. The SMILES string of the molecule is CC(C)CC(=O)c1c(OC(=O)C(C)(C)C)cc2c(c1O)C(CC(C)C)C1=C(O2)C(C)(C)C(=O)C(C)(C)C1=O. The molecule has 1 aromatic rings. The fourth-order valence-electron chi connectivity index (χ4n) is 5.36. The maximum absolute atomic E-state index is 13.8. The van der Waals surface area contributed by atoms with Crippen LogP contribution in [0, 0.1) is 28.1 Å². The molecule has 1 N–H and O–H groups in total. The first-order valence-electron chi connectivity index (χ1n) is 13.4. The number of fused-ring (bicyclic) bond motifs is 1. The lowest BCUT2D eigenvalue weighted by molar-refractivity contribution is -0.145. The number of aromatic hydroxyl groups is 1. The van der Waals surface area contributed by atoms with Crippen LogP contribution in [-0.2, 0) is 14.4 Å². The third kappa shape index (κ3) is 4.92. The molecule has 0 amide bonds. The summed E-state index contributed by atoms with van der Waals surface area (Å²) in [6.45, 7) is 19.6. The molecule has 0 radical (unpaired) electrons. The molecule has 0 saturated carbocycles. The van der Waals surface area contributed by atoms with Gasteiger partial charge in [0.1, 0.15) is 28.6 Å². The zero-order valence-corrected chi connectivity index (χ0v) is 24.6. The van der Waals surface area contributed by atoms with E-state index < -0.39 is 28.1 Å². The van der Waals surface area contributed by atoms with Gasteiger partial charge in [0.2, 0.25) is 0 Å². The number of esters is 1. The molecule has 7 nitrogen and oxygen atoms in total. The number of carbonyl (C=O) groups excluding carboxylic acids is 4. The van der Waals surface area contributed by atoms with E-state index in [1.807, 2.05) is 27.7 Å². The molecule has 2 aliphatic rings. The fraction of sp³-hybridized carbons (Fsp3) is 0.613. The Morgan fingerprint density at radius 2 is 1.61 bits per heavy atom. The predicted molar refractivity (Wildman–Crippen MR) is 144 cm³/mol. The van der Waals surface area contributed by atoms with Crippen molar-refractivity contribution in [1.82, 2.24) is 0 Å². The number of allylic oxidation sites excluding steroid dienone is 2. The van der Waals surface area contributed by atoms with Gasteiger partial charge in [-0.2, -0.15) is 0 Å². The van der Waals surface area contributed by atoms with Gasteiger partial charge in [-0.3, -0.25) is 19.2 Å². The molecular weight excluding hydrogens is 484 g/mol. The van der Waals surface area contributed by atoms with Gasteiger partial charge in [-0.1, -0.05) is 27.7 Å². The highest BCUT2D eigenvalue weighted by Crippen LogP contribution is 2.57. The van der Waals surface area contributed by atoms with E-state index in [1.54, 1.807) is 48.5 Å². The Balaban J connectivity index is 2.37. The molecule has 1 atom stereocenters. The van der Waals surface area contributed by atoms with Gasteiger partial charge in [0.25, 0.3) is 0 Å². The monoisotopic (exact) mass is 526 g/mol. The molecule has 1 aliphatic carbocycles. The van der Waals surface area contributed by atoms with Gasteiger partial charge >= 0.3 is 5.97 Å². The van der Waals surface area contributed by atoms with Crippen molar-refractivity contribution in [2.75, 3.05) is 0 Å². The summed E-state index contributed by atoms with van der Waals surface area (Å²) in [4.78, 5) is 53.5. The Kier molecular flexibility index (Phi) is 7.52. The maximum Gasteiger partial charge on any atom is 0.316 e. The zero-order chi connectivity index (χ0) is 29.1. The first-order valence-corrected chi connectivity index (χ1v) is 13.4. The molecule has 0 fully saturated rings. The summed E-state index contributed by atoms with van der Waals surface area (Å²) >= 11 is 0. The van der Waals surface area contributed by atoms with Gasteiger partial charge in [-0.05, 0) is 66.7 Å². The summed E-state index contributed by atoms with van der Waals surface area (Å²) in [5, 5.41) is 11.7. The molecule has 7 heteroatoms. The van der Waals surface area contributed by atoms with Crippen molar-refractivity contribution in [3.63, 3.8) is 0 Å². The molecule has 1 aromatic carbocycles. The van der Waals surface area contributed by atoms with Crippen LogP contribution in [0.5, 0.6) is 17.2 Å². The van der Waals surface area contributed by atoms with Crippen molar-refractivity contribution in [3.05, 3.63) is 28.5 Å². The van der Waals surface area contributed by atoms with Gasteiger partial charge < -0.3 is 14.6 Å². The first kappa shape index (κ1) is 29.6. The van der Waals surface area contributed by atoms with E-state index in [2.05, 4.69) is 0 Å². The summed E-state index contributed by atoms with van der Waals surface area (Å²) in [6, 6.07) is 1.45. The highest BCUT2D eigenvalue weighted by atomic mass is 16.5. The van der Waals surface area contributed by atoms with E-state index in [0.29, 0.717) is 17.6 Å². The van der Waals surface area contributed by atoms with Crippen LogP contribution in [0.4, 0.5) is 0 Å². The van der Waals surface area contributed by atoms with E-state index in [-0.39, 0.29) is 64.2 Å². The number of carbonyl (C=O) groups is 4. The largest absolute Gasteiger partial charge is 0.507 e. The van der Waals surface area contributed by atoms with Crippen molar-refractivity contribution in [1.29, 1.82) is 0 Å². The summed E-state index contributed by atoms with van der Waals surface area (Å²) in [6.07, 6.45) is 0.608.